The first-order chi connectivity index (χ1) is 17.4. The van der Waals surface area contributed by atoms with Crippen molar-refractivity contribution in [3.63, 3.8) is 0 Å². The second kappa shape index (κ2) is 11.9. The van der Waals surface area contributed by atoms with Crippen molar-refractivity contribution < 1.29 is 9.18 Å². The molecule has 1 N–H and O–H groups in total. The third-order valence-electron chi connectivity index (χ3n) is 6.85. The van der Waals surface area contributed by atoms with Gasteiger partial charge in [0.2, 0.25) is 0 Å². The fourth-order valence-corrected chi connectivity index (χ4v) is 5.03. The van der Waals surface area contributed by atoms with E-state index in [4.69, 9.17) is 11.6 Å². The number of anilines is 1. The zero-order valence-electron chi connectivity index (χ0n) is 21.4. The van der Waals surface area contributed by atoms with Gasteiger partial charge in [-0.1, -0.05) is 36.7 Å². The molecule has 0 aliphatic carbocycles. The number of hydrogen-bond acceptors (Lipinski definition) is 4. The van der Waals surface area contributed by atoms with Crippen molar-refractivity contribution >= 4 is 23.2 Å². The Balaban J connectivity index is 1.30. The summed E-state index contributed by atoms with van der Waals surface area (Å²) in [6.45, 7) is 11.3. The normalized spacial score (nSPS) is 14.3. The standard InChI is InChI=1S/C28H35ClFN5O/c1-4-9-26-32-27(21(3)35(26)25-12-6-5-11-23(25)30)28(36)31-14-8-15-33-16-18-34(19-17-33)24-13-7-10-22(29)20(24)2/h5-7,10-13H,4,8-9,14-19H2,1-3H3,(H,31,36). The Morgan fingerprint density at radius 3 is 2.50 bits per heavy atom. The van der Waals surface area contributed by atoms with Crippen LogP contribution in [-0.2, 0) is 6.42 Å². The first kappa shape index (κ1) is 26.2. The van der Waals surface area contributed by atoms with Gasteiger partial charge in [0.15, 0.2) is 0 Å². The Bertz CT molecular complexity index is 1200. The van der Waals surface area contributed by atoms with Gasteiger partial charge in [0.25, 0.3) is 5.91 Å². The van der Waals surface area contributed by atoms with Gasteiger partial charge in [-0.25, -0.2) is 9.37 Å². The molecule has 0 atom stereocenters. The van der Waals surface area contributed by atoms with Crippen molar-refractivity contribution in [1.29, 1.82) is 0 Å². The molecule has 0 bridgehead atoms. The predicted octanol–water partition coefficient (Wildman–Crippen LogP) is 5.18. The van der Waals surface area contributed by atoms with Crippen molar-refractivity contribution in [2.24, 2.45) is 0 Å². The molecule has 1 fully saturated rings. The molecule has 192 valence electrons. The summed E-state index contributed by atoms with van der Waals surface area (Å²) in [5, 5.41) is 3.82. The Kier molecular flexibility index (Phi) is 8.64. The van der Waals surface area contributed by atoms with Crippen molar-refractivity contribution in [2.75, 3.05) is 44.2 Å². The minimum Gasteiger partial charge on any atom is -0.369 e. The number of rotatable bonds is 9. The SMILES string of the molecule is CCCc1nc(C(=O)NCCCN2CCN(c3cccc(Cl)c3C)CC2)c(C)n1-c1ccccc1F. The maximum atomic E-state index is 14.5. The zero-order chi connectivity index (χ0) is 25.7. The van der Waals surface area contributed by atoms with Gasteiger partial charge >= 0.3 is 0 Å². The van der Waals surface area contributed by atoms with Crippen LogP contribution in [0.25, 0.3) is 5.69 Å². The van der Waals surface area contributed by atoms with Gasteiger partial charge in [0, 0.05) is 49.9 Å². The Labute approximate surface area is 218 Å². The van der Waals surface area contributed by atoms with Gasteiger partial charge in [0.1, 0.15) is 17.3 Å². The van der Waals surface area contributed by atoms with E-state index in [0.717, 1.165) is 56.2 Å². The van der Waals surface area contributed by atoms with Crippen LogP contribution in [0, 0.1) is 19.7 Å². The van der Waals surface area contributed by atoms with Gasteiger partial charge in [-0.2, -0.15) is 0 Å². The van der Waals surface area contributed by atoms with E-state index in [9.17, 15) is 9.18 Å². The van der Waals surface area contributed by atoms with Crippen LogP contribution in [0.4, 0.5) is 10.1 Å². The Morgan fingerprint density at radius 1 is 1.06 bits per heavy atom. The number of halogens is 2. The highest BCUT2D eigenvalue weighted by atomic mass is 35.5. The van der Waals surface area contributed by atoms with Crippen molar-refractivity contribution in [3.05, 3.63) is 76.1 Å². The van der Waals surface area contributed by atoms with E-state index >= 15 is 0 Å². The van der Waals surface area contributed by atoms with Gasteiger partial charge < -0.3 is 10.2 Å². The van der Waals surface area contributed by atoms with Gasteiger partial charge in [-0.15, -0.1) is 0 Å². The molecule has 8 heteroatoms. The first-order valence-corrected chi connectivity index (χ1v) is 13.1. The molecule has 36 heavy (non-hydrogen) atoms. The van der Waals surface area contributed by atoms with Crippen molar-refractivity contribution in [2.45, 2.75) is 40.0 Å². The van der Waals surface area contributed by atoms with Crippen LogP contribution < -0.4 is 10.2 Å². The van der Waals surface area contributed by atoms with E-state index in [0.29, 0.717) is 35.9 Å². The average molecular weight is 512 g/mol. The van der Waals surface area contributed by atoms with Gasteiger partial charge in [-0.3, -0.25) is 14.3 Å². The summed E-state index contributed by atoms with van der Waals surface area (Å²) in [5.74, 6) is 0.173. The van der Waals surface area contributed by atoms with E-state index in [1.807, 2.05) is 26.0 Å². The number of benzene rings is 2. The molecule has 6 nitrogen and oxygen atoms in total. The lowest BCUT2D eigenvalue weighted by Crippen LogP contribution is -2.47. The first-order valence-electron chi connectivity index (χ1n) is 12.7. The molecule has 2 heterocycles. The number of piperazine rings is 1. The molecular formula is C28H35ClFN5O. The number of imidazole rings is 1. The molecule has 1 saturated heterocycles. The summed E-state index contributed by atoms with van der Waals surface area (Å²) >= 11 is 6.30. The minimum atomic E-state index is -0.326. The number of carbonyl (C=O) groups excluding carboxylic acids is 1. The molecule has 1 amide bonds. The Hall–Kier alpha value is -2.90. The second-order valence-electron chi connectivity index (χ2n) is 9.32. The van der Waals surface area contributed by atoms with Crippen LogP contribution >= 0.6 is 11.6 Å². The molecule has 4 rings (SSSR count). The highest BCUT2D eigenvalue weighted by molar-refractivity contribution is 6.31. The van der Waals surface area contributed by atoms with Crippen LogP contribution in [0.3, 0.4) is 0 Å². The monoisotopic (exact) mass is 511 g/mol. The fourth-order valence-electron chi connectivity index (χ4n) is 4.86. The molecule has 1 aliphatic heterocycles. The highest BCUT2D eigenvalue weighted by Crippen LogP contribution is 2.27. The number of carbonyl (C=O) groups is 1. The molecule has 0 saturated carbocycles. The number of para-hydroxylation sites is 1. The van der Waals surface area contributed by atoms with Gasteiger partial charge in [0.05, 0.1) is 11.4 Å². The topological polar surface area (TPSA) is 53.4 Å². The zero-order valence-corrected chi connectivity index (χ0v) is 22.1. The highest BCUT2D eigenvalue weighted by Gasteiger charge is 2.22. The van der Waals surface area contributed by atoms with Crippen LogP contribution in [0.15, 0.2) is 42.5 Å². The lowest BCUT2D eigenvalue weighted by molar-refractivity contribution is 0.0946. The Morgan fingerprint density at radius 2 is 1.78 bits per heavy atom. The van der Waals surface area contributed by atoms with Gasteiger partial charge in [-0.05, 0) is 63.1 Å². The predicted molar refractivity (Wildman–Crippen MR) is 144 cm³/mol. The van der Waals surface area contributed by atoms with Crippen LogP contribution in [-0.4, -0.2) is 59.6 Å². The van der Waals surface area contributed by atoms with E-state index in [-0.39, 0.29) is 11.7 Å². The number of nitrogens with one attached hydrogen (secondary N) is 1. The smallest absolute Gasteiger partial charge is 0.271 e. The third-order valence-corrected chi connectivity index (χ3v) is 7.26. The fraction of sp³-hybridized carbons (Fsp3) is 0.429. The number of amides is 1. The molecule has 1 aliphatic rings. The molecule has 0 radical (unpaired) electrons. The second-order valence-corrected chi connectivity index (χ2v) is 9.73. The largest absolute Gasteiger partial charge is 0.369 e. The summed E-state index contributed by atoms with van der Waals surface area (Å²) in [5.41, 5.74) is 3.80. The third kappa shape index (κ3) is 5.73. The molecule has 3 aromatic rings. The lowest BCUT2D eigenvalue weighted by atomic mass is 10.1. The molecule has 0 spiro atoms. The molecule has 2 aromatic carbocycles. The van der Waals surface area contributed by atoms with Crippen LogP contribution in [0.2, 0.25) is 5.02 Å². The molecule has 0 unspecified atom stereocenters. The maximum Gasteiger partial charge on any atom is 0.271 e. The maximum absolute atomic E-state index is 14.5. The number of aromatic nitrogens is 2. The average Bonchev–Trinajstić information content (AvgIpc) is 3.20. The van der Waals surface area contributed by atoms with E-state index in [2.05, 4.69) is 33.1 Å². The summed E-state index contributed by atoms with van der Waals surface area (Å²) in [7, 11) is 0. The molecule has 1 aromatic heterocycles. The van der Waals surface area contributed by atoms with E-state index in [1.54, 1.807) is 22.8 Å². The summed E-state index contributed by atoms with van der Waals surface area (Å²) in [6.07, 6.45) is 2.38. The van der Waals surface area contributed by atoms with Crippen LogP contribution in [0.1, 0.15) is 47.3 Å². The minimum absolute atomic E-state index is 0.207. The van der Waals surface area contributed by atoms with Crippen molar-refractivity contribution in [3.8, 4) is 5.69 Å². The van der Waals surface area contributed by atoms with E-state index < -0.39 is 0 Å². The summed E-state index contributed by atoms with van der Waals surface area (Å²) in [4.78, 5) is 22.4. The van der Waals surface area contributed by atoms with E-state index in [1.165, 1.54) is 11.8 Å². The number of aryl methyl sites for hydroxylation is 1. The summed E-state index contributed by atoms with van der Waals surface area (Å²) < 4.78 is 16.3. The van der Waals surface area contributed by atoms with Crippen molar-refractivity contribution in [1.82, 2.24) is 19.8 Å². The summed E-state index contributed by atoms with van der Waals surface area (Å²) in [6, 6.07) is 12.7. The quantitative estimate of drug-likeness (QED) is 0.402. The molecular weight excluding hydrogens is 477 g/mol. The lowest BCUT2D eigenvalue weighted by Gasteiger charge is -2.37. The number of nitrogens with zero attached hydrogens (tertiary/aromatic N) is 4. The van der Waals surface area contributed by atoms with Crippen LogP contribution in [0.5, 0.6) is 0 Å². The number of hydrogen-bond donors (Lipinski definition) is 1.